The van der Waals surface area contributed by atoms with E-state index in [-0.39, 0.29) is 11.2 Å². The topological polar surface area (TPSA) is 72.6 Å². The second-order valence-corrected chi connectivity index (χ2v) is 6.06. The SMILES string of the molecule is COc1ccc2c(=O)cc(-c3ccc(O)c(C#Cc4cccnc4)c3)oc2c1. The van der Waals surface area contributed by atoms with Crippen LogP contribution in [0.3, 0.4) is 0 Å². The third-order valence-corrected chi connectivity index (χ3v) is 4.22. The number of fused-ring (bicyclic) bond motifs is 1. The molecular formula is C23H15NO4. The Hall–Kier alpha value is -4.04. The molecular weight excluding hydrogens is 354 g/mol. The van der Waals surface area contributed by atoms with Crippen molar-refractivity contribution < 1.29 is 14.3 Å². The van der Waals surface area contributed by atoms with E-state index in [1.165, 1.54) is 12.1 Å². The number of hydrogen-bond donors (Lipinski definition) is 1. The second-order valence-electron chi connectivity index (χ2n) is 6.06. The summed E-state index contributed by atoms with van der Waals surface area (Å²) in [4.78, 5) is 16.5. The summed E-state index contributed by atoms with van der Waals surface area (Å²) in [5.74, 6) is 6.91. The van der Waals surface area contributed by atoms with Gasteiger partial charge in [0.25, 0.3) is 0 Å². The van der Waals surface area contributed by atoms with Crippen LogP contribution < -0.4 is 10.2 Å². The number of methoxy groups -OCH3 is 1. The maximum Gasteiger partial charge on any atom is 0.193 e. The lowest BCUT2D eigenvalue weighted by Gasteiger charge is -2.06. The molecule has 0 unspecified atom stereocenters. The first-order valence-electron chi connectivity index (χ1n) is 8.51. The van der Waals surface area contributed by atoms with E-state index in [4.69, 9.17) is 9.15 Å². The number of rotatable bonds is 2. The van der Waals surface area contributed by atoms with E-state index in [0.717, 1.165) is 5.56 Å². The van der Waals surface area contributed by atoms with Crippen molar-refractivity contribution in [3.8, 4) is 34.7 Å². The number of phenols is 1. The summed E-state index contributed by atoms with van der Waals surface area (Å²) >= 11 is 0. The molecule has 0 bridgehead atoms. The van der Waals surface area contributed by atoms with Gasteiger partial charge in [-0.3, -0.25) is 9.78 Å². The van der Waals surface area contributed by atoms with Crippen LogP contribution in [0.2, 0.25) is 0 Å². The van der Waals surface area contributed by atoms with Crippen LogP contribution in [0.4, 0.5) is 0 Å². The molecule has 28 heavy (non-hydrogen) atoms. The molecule has 0 spiro atoms. The molecule has 2 aromatic heterocycles. The predicted octanol–water partition coefficient (Wildman–Crippen LogP) is 3.97. The van der Waals surface area contributed by atoms with E-state index in [9.17, 15) is 9.90 Å². The van der Waals surface area contributed by atoms with Crippen LogP contribution in [0.25, 0.3) is 22.3 Å². The Balaban J connectivity index is 1.80. The highest BCUT2D eigenvalue weighted by Crippen LogP contribution is 2.28. The Morgan fingerprint density at radius 1 is 1.07 bits per heavy atom. The summed E-state index contributed by atoms with van der Waals surface area (Å²) in [5, 5.41) is 10.6. The zero-order valence-electron chi connectivity index (χ0n) is 15.0. The molecule has 0 atom stereocenters. The van der Waals surface area contributed by atoms with Crippen molar-refractivity contribution in [3.63, 3.8) is 0 Å². The van der Waals surface area contributed by atoms with Crippen molar-refractivity contribution in [1.29, 1.82) is 0 Å². The van der Waals surface area contributed by atoms with Crippen molar-refractivity contribution in [2.75, 3.05) is 7.11 Å². The van der Waals surface area contributed by atoms with Crippen molar-refractivity contribution >= 4 is 11.0 Å². The molecule has 5 heteroatoms. The minimum Gasteiger partial charge on any atom is -0.507 e. The van der Waals surface area contributed by atoms with Gasteiger partial charge in [0, 0.05) is 35.7 Å². The number of aromatic nitrogens is 1. The molecule has 0 amide bonds. The summed E-state index contributed by atoms with van der Waals surface area (Å²) in [5.41, 5.74) is 2.06. The largest absolute Gasteiger partial charge is 0.507 e. The highest BCUT2D eigenvalue weighted by atomic mass is 16.5. The lowest BCUT2D eigenvalue weighted by molar-refractivity contribution is 0.414. The molecule has 1 N–H and O–H groups in total. The van der Waals surface area contributed by atoms with Crippen molar-refractivity contribution in [1.82, 2.24) is 4.98 Å². The molecule has 5 nitrogen and oxygen atoms in total. The van der Waals surface area contributed by atoms with E-state index in [1.54, 1.807) is 55.9 Å². The Bertz CT molecular complexity index is 1280. The maximum atomic E-state index is 12.4. The van der Waals surface area contributed by atoms with Gasteiger partial charge in [-0.2, -0.15) is 0 Å². The molecule has 4 aromatic rings. The molecule has 0 saturated carbocycles. The maximum absolute atomic E-state index is 12.4. The quantitative estimate of drug-likeness (QED) is 0.541. The molecule has 0 radical (unpaired) electrons. The molecule has 0 aliphatic rings. The molecule has 0 aliphatic heterocycles. The van der Waals surface area contributed by atoms with Gasteiger partial charge < -0.3 is 14.3 Å². The fourth-order valence-corrected chi connectivity index (χ4v) is 2.77. The number of phenolic OH excluding ortho intramolecular Hbond substituents is 1. The van der Waals surface area contributed by atoms with Crippen molar-refractivity contribution in [3.05, 3.63) is 88.3 Å². The van der Waals surface area contributed by atoms with Crippen LogP contribution in [0.5, 0.6) is 11.5 Å². The number of nitrogens with zero attached hydrogens (tertiary/aromatic N) is 1. The lowest BCUT2D eigenvalue weighted by atomic mass is 10.1. The molecule has 0 fully saturated rings. The minimum atomic E-state index is -0.157. The van der Waals surface area contributed by atoms with Gasteiger partial charge in [-0.05, 0) is 42.5 Å². The first kappa shape index (κ1) is 17.4. The zero-order chi connectivity index (χ0) is 19.5. The average Bonchev–Trinajstić information content (AvgIpc) is 2.73. The summed E-state index contributed by atoms with van der Waals surface area (Å²) in [7, 11) is 1.55. The number of ether oxygens (including phenoxy) is 1. The first-order chi connectivity index (χ1) is 13.6. The normalized spacial score (nSPS) is 10.3. The van der Waals surface area contributed by atoms with Crippen LogP contribution in [-0.4, -0.2) is 17.2 Å². The zero-order valence-corrected chi connectivity index (χ0v) is 15.0. The van der Waals surface area contributed by atoms with E-state index in [0.29, 0.717) is 33.6 Å². The fourth-order valence-electron chi connectivity index (χ4n) is 2.77. The van der Waals surface area contributed by atoms with Gasteiger partial charge in [-0.1, -0.05) is 11.8 Å². The van der Waals surface area contributed by atoms with Gasteiger partial charge in [-0.25, -0.2) is 0 Å². The third-order valence-electron chi connectivity index (χ3n) is 4.22. The monoisotopic (exact) mass is 369 g/mol. The van der Waals surface area contributed by atoms with E-state index < -0.39 is 0 Å². The second kappa shape index (κ2) is 7.29. The lowest BCUT2D eigenvalue weighted by Crippen LogP contribution is -2.00. The molecule has 136 valence electrons. The van der Waals surface area contributed by atoms with Crippen LogP contribution in [0.1, 0.15) is 11.1 Å². The Labute approximate surface area is 160 Å². The molecule has 0 saturated heterocycles. The molecule has 2 aromatic carbocycles. The van der Waals surface area contributed by atoms with Crippen LogP contribution in [0, 0.1) is 11.8 Å². The van der Waals surface area contributed by atoms with Gasteiger partial charge in [0.1, 0.15) is 22.8 Å². The van der Waals surface area contributed by atoms with E-state index in [1.807, 2.05) is 6.07 Å². The first-order valence-corrected chi connectivity index (χ1v) is 8.51. The van der Waals surface area contributed by atoms with Gasteiger partial charge in [0.15, 0.2) is 5.43 Å². The summed E-state index contributed by atoms with van der Waals surface area (Å²) < 4.78 is 11.1. The highest BCUT2D eigenvalue weighted by Gasteiger charge is 2.10. The molecule has 4 rings (SSSR count). The number of hydrogen-bond acceptors (Lipinski definition) is 5. The Morgan fingerprint density at radius 3 is 2.75 bits per heavy atom. The standard InChI is InChI=1S/C23H15NO4/c1-27-18-7-8-19-21(26)13-22(28-23(19)12-18)17-6-9-20(25)16(11-17)5-4-15-3-2-10-24-14-15/h2-3,6-14,25H,1H3. The van der Waals surface area contributed by atoms with Gasteiger partial charge >= 0.3 is 0 Å². The predicted molar refractivity (Wildman–Crippen MR) is 106 cm³/mol. The van der Waals surface area contributed by atoms with Gasteiger partial charge in [0.05, 0.1) is 18.1 Å². The van der Waals surface area contributed by atoms with Gasteiger partial charge in [-0.15, -0.1) is 0 Å². The van der Waals surface area contributed by atoms with E-state index >= 15 is 0 Å². The number of pyridine rings is 1. The highest BCUT2D eigenvalue weighted by molar-refractivity contribution is 5.80. The van der Waals surface area contributed by atoms with E-state index in [2.05, 4.69) is 16.8 Å². The molecule has 0 aliphatic carbocycles. The Kier molecular flexibility index (Phi) is 4.53. The summed E-state index contributed by atoms with van der Waals surface area (Å²) in [6.07, 6.45) is 3.31. The minimum absolute atomic E-state index is 0.0462. The van der Waals surface area contributed by atoms with Crippen molar-refractivity contribution in [2.45, 2.75) is 0 Å². The third kappa shape index (κ3) is 3.44. The smallest absolute Gasteiger partial charge is 0.193 e. The van der Waals surface area contributed by atoms with Crippen LogP contribution >= 0.6 is 0 Å². The number of aromatic hydroxyl groups is 1. The summed E-state index contributed by atoms with van der Waals surface area (Å²) in [6, 6.07) is 15.0. The average molecular weight is 369 g/mol. The Morgan fingerprint density at radius 2 is 1.96 bits per heavy atom. The summed E-state index contributed by atoms with van der Waals surface area (Å²) in [6.45, 7) is 0. The molecule has 2 heterocycles. The van der Waals surface area contributed by atoms with Crippen LogP contribution in [-0.2, 0) is 0 Å². The van der Waals surface area contributed by atoms with Crippen molar-refractivity contribution in [2.24, 2.45) is 0 Å². The number of benzene rings is 2. The fraction of sp³-hybridized carbons (Fsp3) is 0.0435. The van der Waals surface area contributed by atoms with Gasteiger partial charge in [0.2, 0.25) is 0 Å². The van der Waals surface area contributed by atoms with Crippen LogP contribution in [0.15, 0.2) is 76.2 Å².